The van der Waals surface area contributed by atoms with Crippen molar-refractivity contribution in [2.75, 3.05) is 19.7 Å². The molecule has 0 radical (unpaired) electrons. The smallest absolute Gasteiger partial charge is 0.317 e. The lowest BCUT2D eigenvalue weighted by molar-refractivity contribution is 0.0792. The van der Waals surface area contributed by atoms with E-state index >= 15 is 0 Å². The average Bonchev–Trinajstić information content (AvgIpc) is 3.16. The van der Waals surface area contributed by atoms with Crippen molar-refractivity contribution < 1.29 is 9.53 Å². The molecule has 1 saturated heterocycles. The summed E-state index contributed by atoms with van der Waals surface area (Å²) in [5.74, 6) is 0. The van der Waals surface area contributed by atoms with Crippen molar-refractivity contribution in [3.05, 3.63) is 41.7 Å². The Morgan fingerprint density at radius 3 is 3.00 bits per heavy atom. The van der Waals surface area contributed by atoms with Crippen LogP contribution in [-0.4, -0.2) is 41.7 Å². The van der Waals surface area contributed by atoms with Crippen LogP contribution < -0.4 is 5.32 Å². The number of allylic oxidation sites excluding steroid dienone is 1. The maximum absolute atomic E-state index is 12.7. The molecule has 25 heavy (non-hydrogen) atoms. The third kappa shape index (κ3) is 5.85. The summed E-state index contributed by atoms with van der Waals surface area (Å²) in [6, 6.07) is 5.80. The minimum atomic E-state index is -0.0161. The van der Waals surface area contributed by atoms with Crippen LogP contribution in [-0.2, 0) is 11.3 Å². The molecule has 1 N–H and O–H groups in total. The molecule has 0 saturated carbocycles. The van der Waals surface area contributed by atoms with Crippen LogP contribution in [0.5, 0.6) is 0 Å². The zero-order chi connectivity index (χ0) is 17.3. The topological polar surface area (TPSA) is 54.5 Å². The maximum atomic E-state index is 12.7. The lowest BCUT2D eigenvalue weighted by atomic mass is 9.97. The minimum Gasteiger partial charge on any atom is -0.376 e. The van der Waals surface area contributed by atoms with Crippen LogP contribution in [0.4, 0.5) is 4.79 Å². The van der Waals surface area contributed by atoms with Crippen LogP contribution >= 0.6 is 0 Å². The SMILES string of the molecule is O=C(NCCC1=CCCCC1)N(Cc1ccccn1)C[C@@H]1CCCO1. The van der Waals surface area contributed by atoms with Gasteiger partial charge in [0.05, 0.1) is 18.3 Å². The molecule has 1 aromatic heterocycles. The van der Waals surface area contributed by atoms with Gasteiger partial charge in [-0.3, -0.25) is 4.98 Å². The molecule has 0 spiro atoms. The molecular formula is C20H29N3O2. The lowest BCUT2D eigenvalue weighted by Gasteiger charge is -2.25. The number of amides is 2. The number of carbonyl (C=O) groups is 1. The van der Waals surface area contributed by atoms with Crippen molar-refractivity contribution in [2.24, 2.45) is 0 Å². The number of urea groups is 1. The monoisotopic (exact) mass is 343 g/mol. The highest BCUT2D eigenvalue weighted by atomic mass is 16.5. The van der Waals surface area contributed by atoms with Gasteiger partial charge >= 0.3 is 6.03 Å². The largest absolute Gasteiger partial charge is 0.376 e. The lowest BCUT2D eigenvalue weighted by Crippen LogP contribution is -2.43. The summed E-state index contributed by atoms with van der Waals surface area (Å²) < 4.78 is 5.72. The fraction of sp³-hybridized carbons (Fsp3) is 0.600. The van der Waals surface area contributed by atoms with E-state index in [-0.39, 0.29) is 12.1 Å². The van der Waals surface area contributed by atoms with Crippen LogP contribution in [0.3, 0.4) is 0 Å². The summed E-state index contributed by atoms with van der Waals surface area (Å²) in [6.07, 6.45) is 12.3. The normalized spacial score (nSPS) is 20.2. The zero-order valence-corrected chi connectivity index (χ0v) is 15.0. The predicted molar refractivity (Wildman–Crippen MR) is 98.2 cm³/mol. The summed E-state index contributed by atoms with van der Waals surface area (Å²) >= 11 is 0. The van der Waals surface area contributed by atoms with Crippen molar-refractivity contribution in [2.45, 2.75) is 57.6 Å². The third-order valence-corrected chi connectivity index (χ3v) is 4.92. The Bertz CT molecular complexity index is 568. The van der Waals surface area contributed by atoms with Crippen LogP contribution in [0.1, 0.15) is 50.6 Å². The Morgan fingerprint density at radius 1 is 1.32 bits per heavy atom. The number of carbonyl (C=O) groups excluding carboxylic acids is 1. The Hall–Kier alpha value is -1.88. The molecule has 1 aromatic rings. The van der Waals surface area contributed by atoms with Crippen LogP contribution in [0.25, 0.3) is 0 Å². The standard InChI is InChI=1S/C20H29N3O2/c24-20(22-13-11-17-7-2-1-3-8-17)23(16-19-10-6-14-25-19)15-18-9-4-5-12-21-18/h4-5,7,9,12,19H,1-3,6,8,10-11,13-16H2,(H,22,24)/t19-/m0/s1. The number of nitrogens with zero attached hydrogens (tertiary/aromatic N) is 2. The van der Waals surface area contributed by atoms with Crippen LogP contribution in [0, 0.1) is 0 Å². The maximum Gasteiger partial charge on any atom is 0.317 e. The van der Waals surface area contributed by atoms with Gasteiger partial charge in [0.15, 0.2) is 0 Å². The number of rotatable bonds is 7. The first-order valence-electron chi connectivity index (χ1n) is 9.53. The van der Waals surface area contributed by atoms with Gasteiger partial charge in [-0.25, -0.2) is 4.79 Å². The van der Waals surface area contributed by atoms with Gasteiger partial charge in [-0.15, -0.1) is 0 Å². The summed E-state index contributed by atoms with van der Waals surface area (Å²) in [7, 11) is 0. The molecule has 1 aliphatic heterocycles. The van der Waals surface area contributed by atoms with Gasteiger partial charge < -0.3 is 15.0 Å². The molecule has 2 amide bonds. The Kier molecular flexibility index (Phi) is 6.86. The van der Waals surface area contributed by atoms with Gasteiger partial charge in [0.25, 0.3) is 0 Å². The number of ether oxygens (including phenoxy) is 1. The Morgan fingerprint density at radius 2 is 2.28 bits per heavy atom. The molecule has 0 aromatic carbocycles. The van der Waals surface area contributed by atoms with E-state index in [1.54, 1.807) is 6.20 Å². The van der Waals surface area contributed by atoms with Crippen molar-refractivity contribution in [1.82, 2.24) is 15.2 Å². The molecule has 136 valence electrons. The summed E-state index contributed by atoms with van der Waals surface area (Å²) in [5, 5.41) is 3.09. The molecule has 5 nitrogen and oxygen atoms in total. The predicted octanol–water partition coefficient (Wildman–Crippen LogP) is 3.66. The summed E-state index contributed by atoms with van der Waals surface area (Å²) in [5.41, 5.74) is 2.40. The van der Waals surface area contributed by atoms with Gasteiger partial charge in [-0.2, -0.15) is 0 Å². The van der Waals surface area contributed by atoms with Gasteiger partial charge in [-0.05, 0) is 57.1 Å². The van der Waals surface area contributed by atoms with Crippen molar-refractivity contribution >= 4 is 6.03 Å². The number of aromatic nitrogens is 1. The summed E-state index contributed by atoms with van der Waals surface area (Å²) in [6.45, 7) is 2.66. The van der Waals surface area contributed by atoms with Crippen LogP contribution in [0.2, 0.25) is 0 Å². The van der Waals surface area contributed by atoms with E-state index in [1.165, 1.54) is 31.3 Å². The molecule has 2 aliphatic rings. The molecule has 0 bridgehead atoms. The van der Waals surface area contributed by atoms with E-state index in [1.807, 2.05) is 23.1 Å². The molecule has 1 aliphatic carbocycles. The molecule has 3 rings (SSSR count). The second-order valence-electron chi connectivity index (χ2n) is 6.93. The quantitative estimate of drug-likeness (QED) is 0.769. The molecule has 1 atom stereocenters. The number of hydrogen-bond donors (Lipinski definition) is 1. The first-order chi connectivity index (χ1) is 12.3. The van der Waals surface area contributed by atoms with Gasteiger partial charge in [0.2, 0.25) is 0 Å². The van der Waals surface area contributed by atoms with E-state index in [0.29, 0.717) is 19.6 Å². The minimum absolute atomic E-state index is 0.0161. The average molecular weight is 343 g/mol. The van der Waals surface area contributed by atoms with Crippen molar-refractivity contribution in [1.29, 1.82) is 0 Å². The molecule has 5 heteroatoms. The Labute approximate surface area is 150 Å². The third-order valence-electron chi connectivity index (χ3n) is 4.92. The van der Waals surface area contributed by atoms with Crippen molar-refractivity contribution in [3.63, 3.8) is 0 Å². The van der Waals surface area contributed by atoms with Crippen molar-refractivity contribution in [3.8, 4) is 0 Å². The number of nitrogens with one attached hydrogen (secondary N) is 1. The fourth-order valence-electron chi connectivity index (χ4n) is 3.51. The van der Waals surface area contributed by atoms with E-state index in [0.717, 1.165) is 31.6 Å². The van der Waals surface area contributed by atoms with E-state index < -0.39 is 0 Å². The molecule has 2 heterocycles. The summed E-state index contributed by atoms with van der Waals surface area (Å²) in [4.78, 5) is 18.9. The van der Waals surface area contributed by atoms with E-state index in [9.17, 15) is 4.79 Å². The molecule has 1 fully saturated rings. The highest BCUT2D eigenvalue weighted by molar-refractivity contribution is 5.74. The second-order valence-corrected chi connectivity index (χ2v) is 6.93. The van der Waals surface area contributed by atoms with E-state index in [4.69, 9.17) is 4.74 Å². The molecular weight excluding hydrogens is 314 g/mol. The first-order valence-corrected chi connectivity index (χ1v) is 9.53. The first kappa shape index (κ1) is 17.9. The van der Waals surface area contributed by atoms with Gasteiger partial charge in [0.1, 0.15) is 0 Å². The molecule has 0 unspecified atom stereocenters. The number of hydrogen-bond acceptors (Lipinski definition) is 3. The van der Waals surface area contributed by atoms with Gasteiger partial charge in [0, 0.05) is 25.9 Å². The highest BCUT2D eigenvalue weighted by Gasteiger charge is 2.23. The Balaban J connectivity index is 1.52. The zero-order valence-electron chi connectivity index (χ0n) is 15.0. The fourth-order valence-corrected chi connectivity index (χ4v) is 3.51. The van der Waals surface area contributed by atoms with Gasteiger partial charge in [-0.1, -0.05) is 17.7 Å². The second kappa shape index (κ2) is 9.56. The number of pyridine rings is 1. The highest BCUT2D eigenvalue weighted by Crippen LogP contribution is 2.19. The van der Waals surface area contributed by atoms with E-state index in [2.05, 4.69) is 16.4 Å². The van der Waals surface area contributed by atoms with Crippen LogP contribution in [0.15, 0.2) is 36.0 Å².